The van der Waals surface area contributed by atoms with Crippen molar-refractivity contribution in [1.29, 1.82) is 0 Å². The predicted molar refractivity (Wildman–Crippen MR) is 108 cm³/mol. The molecule has 3 aromatic rings. The highest BCUT2D eigenvalue weighted by atomic mass is 16.3. The Morgan fingerprint density at radius 3 is 1.89 bits per heavy atom. The van der Waals surface area contributed by atoms with Gasteiger partial charge < -0.3 is 10.2 Å². The standard InChI is InChI=1S/C22H19N3O2/c1-16(24-14-17-8-2-4-11-20(17)26)22(19-10-6-7-13-23-19)25-15-18-9-3-5-12-21(18)27/h2-15,26-27H,1H3/b22-16+,24-14?,25-15?. The molecule has 0 spiro atoms. The fourth-order valence-corrected chi connectivity index (χ4v) is 2.40. The number of para-hydroxylation sites is 2. The Kier molecular flexibility index (Phi) is 5.74. The van der Waals surface area contributed by atoms with Gasteiger partial charge in [0.05, 0.1) is 11.4 Å². The van der Waals surface area contributed by atoms with Crippen molar-refractivity contribution in [2.75, 3.05) is 0 Å². The molecule has 0 aliphatic carbocycles. The van der Waals surface area contributed by atoms with Gasteiger partial charge in [-0.2, -0.15) is 0 Å². The van der Waals surface area contributed by atoms with E-state index in [1.165, 1.54) is 0 Å². The Labute approximate surface area is 157 Å². The molecule has 0 aliphatic heterocycles. The van der Waals surface area contributed by atoms with E-state index < -0.39 is 0 Å². The number of hydrogen-bond donors (Lipinski definition) is 2. The molecule has 0 bridgehead atoms. The molecule has 0 saturated carbocycles. The largest absolute Gasteiger partial charge is 0.507 e. The summed E-state index contributed by atoms with van der Waals surface area (Å²) in [6.07, 6.45) is 4.85. The van der Waals surface area contributed by atoms with E-state index in [0.717, 1.165) is 0 Å². The van der Waals surface area contributed by atoms with E-state index in [0.29, 0.717) is 28.2 Å². The van der Waals surface area contributed by atoms with Crippen molar-refractivity contribution in [3.63, 3.8) is 0 Å². The van der Waals surface area contributed by atoms with Gasteiger partial charge in [0.25, 0.3) is 0 Å². The molecule has 5 nitrogen and oxygen atoms in total. The van der Waals surface area contributed by atoms with Gasteiger partial charge in [0.15, 0.2) is 0 Å². The number of benzene rings is 2. The van der Waals surface area contributed by atoms with Crippen molar-refractivity contribution < 1.29 is 10.2 Å². The fraction of sp³-hybridized carbons (Fsp3) is 0.0455. The number of aromatic nitrogens is 1. The normalized spacial score (nSPS) is 12.5. The molecule has 3 rings (SSSR count). The minimum absolute atomic E-state index is 0.150. The molecule has 1 aromatic heterocycles. The van der Waals surface area contributed by atoms with Crippen LogP contribution < -0.4 is 0 Å². The molecule has 0 atom stereocenters. The first-order valence-corrected chi connectivity index (χ1v) is 8.41. The van der Waals surface area contributed by atoms with Gasteiger partial charge in [0.2, 0.25) is 0 Å². The molecule has 0 unspecified atom stereocenters. The summed E-state index contributed by atoms with van der Waals surface area (Å²) in [7, 11) is 0. The molecule has 0 radical (unpaired) electrons. The van der Waals surface area contributed by atoms with Crippen LogP contribution in [0.1, 0.15) is 23.7 Å². The first-order valence-electron chi connectivity index (χ1n) is 8.41. The Balaban J connectivity index is 2.00. The second-order valence-corrected chi connectivity index (χ2v) is 5.78. The molecule has 0 saturated heterocycles. The quantitative estimate of drug-likeness (QED) is 0.664. The van der Waals surface area contributed by atoms with E-state index in [-0.39, 0.29) is 11.5 Å². The highest BCUT2D eigenvalue weighted by Crippen LogP contribution is 2.21. The van der Waals surface area contributed by atoms with Crippen molar-refractivity contribution in [2.24, 2.45) is 9.98 Å². The van der Waals surface area contributed by atoms with E-state index >= 15 is 0 Å². The van der Waals surface area contributed by atoms with E-state index in [4.69, 9.17) is 0 Å². The maximum Gasteiger partial charge on any atom is 0.124 e. The van der Waals surface area contributed by atoms with E-state index in [1.54, 1.807) is 55.0 Å². The van der Waals surface area contributed by atoms with Crippen LogP contribution in [0.3, 0.4) is 0 Å². The number of aliphatic imine (C=N–C) groups is 2. The van der Waals surface area contributed by atoms with Crippen molar-refractivity contribution in [3.8, 4) is 11.5 Å². The average Bonchev–Trinajstić information content (AvgIpc) is 2.69. The number of rotatable bonds is 5. The van der Waals surface area contributed by atoms with Crippen LogP contribution in [0.4, 0.5) is 0 Å². The van der Waals surface area contributed by atoms with Crippen LogP contribution >= 0.6 is 0 Å². The molecule has 1 heterocycles. The zero-order valence-electron chi connectivity index (χ0n) is 14.8. The van der Waals surface area contributed by atoms with Crippen molar-refractivity contribution in [3.05, 3.63) is 95.4 Å². The first-order chi connectivity index (χ1) is 13.1. The summed E-state index contributed by atoms with van der Waals surface area (Å²) in [5.41, 5.74) is 3.08. The molecular formula is C22H19N3O2. The van der Waals surface area contributed by atoms with E-state index in [1.807, 2.05) is 37.3 Å². The van der Waals surface area contributed by atoms with Crippen LogP contribution in [0.5, 0.6) is 11.5 Å². The Hall–Kier alpha value is -3.73. The number of phenols is 2. The number of hydrogen-bond acceptors (Lipinski definition) is 5. The molecule has 5 heteroatoms. The van der Waals surface area contributed by atoms with Crippen LogP contribution in [0.25, 0.3) is 5.70 Å². The number of pyridine rings is 1. The lowest BCUT2D eigenvalue weighted by atomic mass is 10.2. The van der Waals surface area contributed by atoms with Crippen molar-refractivity contribution in [2.45, 2.75) is 6.92 Å². The molecule has 0 amide bonds. The lowest BCUT2D eigenvalue weighted by Crippen LogP contribution is -1.92. The molecule has 2 aromatic carbocycles. The third-order valence-electron chi connectivity index (χ3n) is 3.85. The second-order valence-electron chi connectivity index (χ2n) is 5.78. The van der Waals surface area contributed by atoms with Gasteiger partial charge in [-0.05, 0) is 43.3 Å². The molecule has 27 heavy (non-hydrogen) atoms. The smallest absolute Gasteiger partial charge is 0.124 e. The van der Waals surface area contributed by atoms with E-state index in [2.05, 4.69) is 15.0 Å². The molecule has 0 fully saturated rings. The van der Waals surface area contributed by atoms with Crippen LogP contribution in [-0.2, 0) is 0 Å². The fourth-order valence-electron chi connectivity index (χ4n) is 2.40. The molecular weight excluding hydrogens is 338 g/mol. The molecule has 134 valence electrons. The Bertz CT molecular complexity index is 1010. The topological polar surface area (TPSA) is 78.1 Å². The predicted octanol–water partition coefficient (Wildman–Crippen LogP) is 4.42. The maximum absolute atomic E-state index is 9.93. The van der Waals surface area contributed by atoms with Crippen LogP contribution in [-0.4, -0.2) is 27.6 Å². The summed E-state index contributed by atoms with van der Waals surface area (Å²) in [4.78, 5) is 13.3. The number of allylic oxidation sites excluding steroid dienone is 1. The summed E-state index contributed by atoms with van der Waals surface area (Å²) in [6.45, 7) is 1.82. The Morgan fingerprint density at radius 2 is 1.33 bits per heavy atom. The average molecular weight is 357 g/mol. The summed E-state index contributed by atoms with van der Waals surface area (Å²) in [5.74, 6) is 0.308. The first kappa shape index (κ1) is 18.1. The monoisotopic (exact) mass is 357 g/mol. The Morgan fingerprint density at radius 1 is 0.778 bits per heavy atom. The zero-order chi connectivity index (χ0) is 19.1. The summed E-state index contributed by atoms with van der Waals surface area (Å²) < 4.78 is 0. The number of nitrogens with zero attached hydrogens (tertiary/aromatic N) is 3. The third kappa shape index (κ3) is 4.67. The van der Waals surface area contributed by atoms with Gasteiger partial charge in [-0.15, -0.1) is 0 Å². The van der Waals surface area contributed by atoms with Gasteiger partial charge in [0.1, 0.15) is 17.2 Å². The minimum atomic E-state index is 0.150. The molecule has 2 N–H and O–H groups in total. The van der Waals surface area contributed by atoms with Crippen molar-refractivity contribution >= 4 is 18.1 Å². The highest BCUT2D eigenvalue weighted by Gasteiger charge is 2.06. The highest BCUT2D eigenvalue weighted by molar-refractivity contribution is 5.89. The minimum Gasteiger partial charge on any atom is -0.507 e. The van der Waals surface area contributed by atoms with Gasteiger partial charge in [-0.3, -0.25) is 15.0 Å². The second kappa shape index (κ2) is 8.58. The third-order valence-corrected chi connectivity index (χ3v) is 3.85. The van der Waals surface area contributed by atoms with Crippen LogP contribution in [0, 0.1) is 0 Å². The van der Waals surface area contributed by atoms with Crippen LogP contribution in [0.15, 0.2) is 88.6 Å². The lowest BCUT2D eigenvalue weighted by Gasteiger charge is -2.05. The summed E-state index contributed by atoms with van der Waals surface area (Å²) in [5, 5.41) is 19.8. The number of phenolic OH excluding ortho intramolecular Hbond substituents is 2. The number of aromatic hydroxyl groups is 2. The van der Waals surface area contributed by atoms with Gasteiger partial charge in [-0.25, -0.2) is 0 Å². The van der Waals surface area contributed by atoms with Gasteiger partial charge in [0, 0.05) is 29.8 Å². The zero-order valence-corrected chi connectivity index (χ0v) is 14.8. The van der Waals surface area contributed by atoms with E-state index in [9.17, 15) is 10.2 Å². The van der Waals surface area contributed by atoms with Gasteiger partial charge in [-0.1, -0.05) is 30.3 Å². The van der Waals surface area contributed by atoms with Gasteiger partial charge >= 0.3 is 0 Å². The molecule has 0 aliphatic rings. The summed E-state index contributed by atoms with van der Waals surface area (Å²) >= 11 is 0. The van der Waals surface area contributed by atoms with Crippen LogP contribution in [0.2, 0.25) is 0 Å². The summed E-state index contributed by atoms with van der Waals surface area (Å²) in [6, 6.07) is 19.5. The SMILES string of the molecule is C/C(N=Cc1ccccc1O)=C(\N=Cc1ccccc1O)c1ccccn1. The maximum atomic E-state index is 9.93. The van der Waals surface area contributed by atoms with Crippen molar-refractivity contribution in [1.82, 2.24) is 4.98 Å². The lowest BCUT2D eigenvalue weighted by molar-refractivity contribution is 0.474.